The molecule has 0 radical (unpaired) electrons. The fraction of sp³-hybridized carbons (Fsp3) is 0.400. The summed E-state index contributed by atoms with van der Waals surface area (Å²) in [5, 5.41) is 13.7. The average Bonchev–Trinajstić information content (AvgIpc) is 3.68. The zero-order chi connectivity index (χ0) is 24.0. The second kappa shape index (κ2) is 8.38. The Morgan fingerprint density at radius 1 is 0.971 bits per heavy atom. The highest BCUT2D eigenvalue weighted by Gasteiger charge is 2.71. The molecular formula is C25H24F2N2O5. The quantitative estimate of drug-likeness (QED) is 0.550. The Morgan fingerprint density at radius 2 is 1.59 bits per heavy atom. The van der Waals surface area contributed by atoms with E-state index in [4.69, 9.17) is 9.84 Å². The number of carboxylic acids is 1. The van der Waals surface area contributed by atoms with Crippen molar-refractivity contribution in [2.24, 2.45) is 23.7 Å². The Hall–Kier alpha value is -3.49. The van der Waals surface area contributed by atoms with Crippen LogP contribution in [0.4, 0.5) is 13.6 Å². The summed E-state index contributed by atoms with van der Waals surface area (Å²) >= 11 is 0. The summed E-state index contributed by atoms with van der Waals surface area (Å²) in [6, 6.07) is 15.7. The molecule has 3 N–H and O–H groups in total. The fourth-order valence-electron chi connectivity index (χ4n) is 4.96. The van der Waals surface area contributed by atoms with Crippen molar-refractivity contribution in [3.63, 3.8) is 0 Å². The maximum Gasteiger partial charge on any atom is 0.407 e. The van der Waals surface area contributed by atoms with Gasteiger partial charge in [0.2, 0.25) is 5.91 Å². The number of aliphatic carboxylic acids is 1. The van der Waals surface area contributed by atoms with E-state index in [0.717, 1.165) is 22.3 Å². The molecule has 2 unspecified atom stereocenters. The van der Waals surface area contributed by atoms with Gasteiger partial charge in [-0.25, -0.2) is 13.6 Å². The van der Waals surface area contributed by atoms with Crippen LogP contribution in [0.1, 0.15) is 23.5 Å². The molecule has 2 saturated carbocycles. The van der Waals surface area contributed by atoms with Crippen LogP contribution in [0, 0.1) is 23.7 Å². The molecule has 9 heteroatoms. The highest BCUT2D eigenvalue weighted by molar-refractivity contribution is 5.84. The average molecular weight is 470 g/mol. The molecule has 5 rings (SSSR count). The van der Waals surface area contributed by atoms with Gasteiger partial charge >= 0.3 is 12.1 Å². The number of carboxylic acid groups (broad SMARTS) is 1. The van der Waals surface area contributed by atoms with Crippen molar-refractivity contribution < 1.29 is 33.0 Å². The third-order valence-corrected chi connectivity index (χ3v) is 7.07. The van der Waals surface area contributed by atoms with E-state index in [1.807, 2.05) is 48.5 Å². The van der Waals surface area contributed by atoms with E-state index in [1.165, 1.54) is 0 Å². The van der Waals surface area contributed by atoms with Gasteiger partial charge in [0.1, 0.15) is 12.5 Å². The van der Waals surface area contributed by atoms with Crippen molar-refractivity contribution in [1.29, 1.82) is 0 Å². The zero-order valence-corrected chi connectivity index (χ0v) is 18.2. The second-order valence-corrected chi connectivity index (χ2v) is 9.15. The number of halogens is 2. The summed E-state index contributed by atoms with van der Waals surface area (Å²) in [6.07, 6.45) is -0.380. The Morgan fingerprint density at radius 3 is 2.18 bits per heavy atom. The van der Waals surface area contributed by atoms with E-state index in [9.17, 15) is 23.2 Å². The van der Waals surface area contributed by atoms with Crippen molar-refractivity contribution in [3.05, 3.63) is 59.7 Å². The maximum absolute atomic E-state index is 14.1. The second-order valence-electron chi connectivity index (χ2n) is 9.15. The molecule has 0 aromatic heterocycles. The first-order chi connectivity index (χ1) is 16.3. The van der Waals surface area contributed by atoms with Gasteiger partial charge in [0.05, 0.1) is 11.8 Å². The smallest absolute Gasteiger partial charge is 0.407 e. The molecule has 34 heavy (non-hydrogen) atoms. The molecule has 3 aliphatic carbocycles. The van der Waals surface area contributed by atoms with Crippen LogP contribution in [0.25, 0.3) is 11.1 Å². The molecule has 2 aromatic carbocycles. The summed E-state index contributed by atoms with van der Waals surface area (Å²) < 4.78 is 33.6. The lowest BCUT2D eigenvalue weighted by Crippen LogP contribution is -2.31. The van der Waals surface area contributed by atoms with Crippen molar-refractivity contribution in [2.45, 2.75) is 18.3 Å². The number of hydrogen-bond acceptors (Lipinski definition) is 4. The van der Waals surface area contributed by atoms with E-state index in [1.54, 1.807) is 0 Å². The molecule has 0 saturated heterocycles. The van der Waals surface area contributed by atoms with E-state index in [-0.39, 0.29) is 31.5 Å². The number of benzene rings is 2. The van der Waals surface area contributed by atoms with Crippen LogP contribution in [-0.4, -0.2) is 48.7 Å². The van der Waals surface area contributed by atoms with E-state index < -0.39 is 41.6 Å². The zero-order valence-electron chi connectivity index (χ0n) is 18.2. The van der Waals surface area contributed by atoms with Gasteiger partial charge in [-0.15, -0.1) is 0 Å². The molecule has 2 fully saturated rings. The van der Waals surface area contributed by atoms with E-state index >= 15 is 0 Å². The number of rotatable bonds is 8. The van der Waals surface area contributed by atoms with Gasteiger partial charge in [-0.05, 0) is 34.6 Å². The molecule has 0 aliphatic heterocycles. The molecule has 3 aliphatic rings. The summed E-state index contributed by atoms with van der Waals surface area (Å²) in [7, 11) is 0. The summed E-state index contributed by atoms with van der Waals surface area (Å²) in [5.74, 6) is -8.73. The topological polar surface area (TPSA) is 105 Å². The van der Waals surface area contributed by atoms with Gasteiger partial charge in [-0.1, -0.05) is 48.5 Å². The molecule has 4 atom stereocenters. The predicted octanol–water partition coefficient (Wildman–Crippen LogP) is 3.24. The van der Waals surface area contributed by atoms with Crippen LogP contribution in [0.15, 0.2) is 48.5 Å². The largest absolute Gasteiger partial charge is 0.481 e. The number of ether oxygens (including phenoxy) is 1. The first kappa shape index (κ1) is 22.3. The first-order valence-corrected chi connectivity index (χ1v) is 11.3. The number of carbonyl (C=O) groups is 3. The molecule has 0 bridgehead atoms. The molecule has 0 heterocycles. The van der Waals surface area contributed by atoms with Crippen LogP contribution in [0.2, 0.25) is 0 Å². The van der Waals surface area contributed by atoms with Gasteiger partial charge in [-0.2, -0.15) is 0 Å². The molecular weight excluding hydrogens is 446 g/mol. The number of carbonyl (C=O) groups excluding carboxylic acids is 2. The van der Waals surface area contributed by atoms with Gasteiger partial charge in [0.25, 0.3) is 5.92 Å². The van der Waals surface area contributed by atoms with Crippen molar-refractivity contribution >= 4 is 18.0 Å². The Kier molecular flexibility index (Phi) is 5.50. The number of alkyl carbamates (subject to hydrolysis) is 1. The van der Waals surface area contributed by atoms with Crippen LogP contribution in [0.5, 0.6) is 0 Å². The minimum absolute atomic E-state index is 0.0644. The summed E-state index contributed by atoms with van der Waals surface area (Å²) in [5.41, 5.74) is 4.25. The van der Waals surface area contributed by atoms with Gasteiger partial charge in [0, 0.05) is 19.0 Å². The lowest BCUT2D eigenvalue weighted by molar-refractivity contribution is -0.139. The SMILES string of the molecule is O=C(NCC1C(C(=O)NC[C@@H]2C[C@@H]2C(=O)O)C1(F)F)OCC1c2ccccc2-c2ccccc21. The highest BCUT2D eigenvalue weighted by Crippen LogP contribution is 2.55. The maximum atomic E-state index is 14.1. The Bertz CT molecular complexity index is 1110. The number of amides is 2. The fourth-order valence-corrected chi connectivity index (χ4v) is 4.96. The Balaban J connectivity index is 1.11. The van der Waals surface area contributed by atoms with Crippen LogP contribution in [-0.2, 0) is 14.3 Å². The molecule has 2 aromatic rings. The molecule has 7 nitrogen and oxygen atoms in total. The third-order valence-electron chi connectivity index (χ3n) is 7.07. The highest BCUT2D eigenvalue weighted by atomic mass is 19.3. The van der Waals surface area contributed by atoms with Crippen molar-refractivity contribution in [1.82, 2.24) is 10.6 Å². The van der Waals surface area contributed by atoms with Gasteiger partial charge in [0.15, 0.2) is 0 Å². The lowest BCUT2D eigenvalue weighted by atomic mass is 9.98. The monoisotopic (exact) mass is 470 g/mol. The standard InChI is InChI=1S/C25H24F2N2O5/c26-25(27)20(21(25)22(30)28-10-13-9-18(13)23(31)32)11-29-24(33)34-12-19-16-7-3-1-5-14(16)15-6-2-4-8-17(15)19/h1-8,13,18-21H,9-12H2,(H,28,30)(H,29,33)(H,31,32)/t13-,18-,20?,21?/m0/s1. The minimum Gasteiger partial charge on any atom is -0.481 e. The third kappa shape index (κ3) is 3.99. The number of hydrogen-bond donors (Lipinski definition) is 3. The molecule has 0 spiro atoms. The summed E-state index contributed by atoms with van der Waals surface area (Å²) in [6.45, 7) is -0.255. The van der Waals surface area contributed by atoms with Gasteiger partial charge in [-0.3, -0.25) is 9.59 Å². The summed E-state index contributed by atoms with van der Waals surface area (Å²) in [4.78, 5) is 35.2. The normalized spacial score (nSPS) is 25.6. The minimum atomic E-state index is -3.23. The van der Waals surface area contributed by atoms with Crippen LogP contribution < -0.4 is 10.6 Å². The predicted molar refractivity (Wildman–Crippen MR) is 117 cm³/mol. The van der Waals surface area contributed by atoms with E-state index in [0.29, 0.717) is 6.42 Å². The van der Waals surface area contributed by atoms with E-state index in [2.05, 4.69) is 10.6 Å². The van der Waals surface area contributed by atoms with Crippen LogP contribution in [0.3, 0.4) is 0 Å². The number of alkyl halides is 2. The molecule has 178 valence electrons. The molecule has 2 amide bonds. The van der Waals surface area contributed by atoms with Crippen molar-refractivity contribution in [2.75, 3.05) is 19.7 Å². The van der Waals surface area contributed by atoms with Gasteiger partial charge < -0.3 is 20.5 Å². The Labute approximate surface area is 194 Å². The number of nitrogens with one attached hydrogen (secondary N) is 2. The lowest BCUT2D eigenvalue weighted by Gasteiger charge is -2.14. The van der Waals surface area contributed by atoms with Crippen molar-refractivity contribution in [3.8, 4) is 11.1 Å². The first-order valence-electron chi connectivity index (χ1n) is 11.3. The van der Waals surface area contributed by atoms with Crippen LogP contribution >= 0.6 is 0 Å². The number of fused-ring (bicyclic) bond motifs is 3.